The van der Waals surface area contributed by atoms with Crippen molar-refractivity contribution < 1.29 is 5.11 Å². The van der Waals surface area contributed by atoms with Crippen LogP contribution in [-0.2, 0) is 0 Å². The summed E-state index contributed by atoms with van der Waals surface area (Å²) in [6.07, 6.45) is 1.02. The van der Waals surface area contributed by atoms with Crippen LogP contribution in [0, 0.1) is 5.92 Å². The fourth-order valence-corrected chi connectivity index (χ4v) is 1.66. The number of β-amino-alcohol motifs (C(OH)–C–C–N with tert-alkyl or cyclic N) is 1. The van der Waals surface area contributed by atoms with Crippen molar-refractivity contribution in [1.29, 1.82) is 0 Å². The molecule has 0 aliphatic carbocycles. The van der Waals surface area contributed by atoms with Crippen molar-refractivity contribution in [3.8, 4) is 0 Å². The lowest BCUT2D eigenvalue weighted by molar-refractivity contribution is 0.0271. The molecule has 3 heteroatoms. The van der Waals surface area contributed by atoms with Gasteiger partial charge in [-0.15, -0.1) is 0 Å². The molecule has 0 spiro atoms. The zero-order chi connectivity index (χ0) is 9.84. The number of likely N-dealkylation sites (tertiary alicyclic amines) is 1. The molecule has 1 rings (SSSR count). The molecule has 78 valence electrons. The SMILES string of the molecule is CC1CCN(CCN(C)C)CC1O. The van der Waals surface area contributed by atoms with E-state index in [2.05, 4.69) is 30.8 Å². The summed E-state index contributed by atoms with van der Waals surface area (Å²) in [5.74, 6) is 0.482. The van der Waals surface area contributed by atoms with Gasteiger partial charge in [0.25, 0.3) is 0 Å². The molecule has 0 bridgehead atoms. The molecule has 0 aromatic carbocycles. The van der Waals surface area contributed by atoms with E-state index in [1.54, 1.807) is 0 Å². The molecular weight excluding hydrogens is 164 g/mol. The smallest absolute Gasteiger partial charge is 0.0693 e. The first-order chi connectivity index (χ1) is 6.09. The summed E-state index contributed by atoms with van der Waals surface area (Å²) in [5, 5.41) is 9.66. The third-order valence-corrected chi connectivity index (χ3v) is 2.87. The van der Waals surface area contributed by atoms with Gasteiger partial charge in [-0.2, -0.15) is 0 Å². The summed E-state index contributed by atoms with van der Waals surface area (Å²) in [4.78, 5) is 4.54. The van der Waals surface area contributed by atoms with E-state index in [1.165, 1.54) is 0 Å². The molecule has 1 fully saturated rings. The van der Waals surface area contributed by atoms with E-state index in [1.807, 2.05) is 0 Å². The Bertz CT molecular complexity index is 150. The summed E-state index contributed by atoms with van der Waals surface area (Å²) in [5.41, 5.74) is 0. The van der Waals surface area contributed by atoms with Crippen molar-refractivity contribution in [3.05, 3.63) is 0 Å². The fourth-order valence-electron chi connectivity index (χ4n) is 1.66. The van der Waals surface area contributed by atoms with Crippen LogP contribution in [0.3, 0.4) is 0 Å². The normalized spacial score (nSPS) is 31.2. The van der Waals surface area contributed by atoms with E-state index in [9.17, 15) is 5.11 Å². The van der Waals surface area contributed by atoms with E-state index >= 15 is 0 Å². The number of hydrogen-bond acceptors (Lipinski definition) is 3. The van der Waals surface area contributed by atoms with Crippen molar-refractivity contribution >= 4 is 0 Å². The van der Waals surface area contributed by atoms with Gasteiger partial charge in [0.15, 0.2) is 0 Å². The van der Waals surface area contributed by atoms with E-state index in [4.69, 9.17) is 0 Å². The van der Waals surface area contributed by atoms with Crippen molar-refractivity contribution in [1.82, 2.24) is 9.80 Å². The highest BCUT2D eigenvalue weighted by Crippen LogP contribution is 2.16. The van der Waals surface area contributed by atoms with Gasteiger partial charge in [-0.1, -0.05) is 6.92 Å². The molecular formula is C10H22N2O. The highest BCUT2D eigenvalue weighted by Gasteiger charge is 2.23. The van der Waals surface area contributed by atoms with Crippen molar-refractivity contribution in [2.75, 3.05) is 40.3 Å². The molecule has 0 aromatic heterocycles. The average molecular weight is 186 g/mol. The van der Waals surface area contributed by atoms with Crippen LogP contribution in [0.25, 0.3) is 0 Å². The lowest BCUT2D eigenvalue weighted by atomic mass is 9.96. The number of aliphatic hydroxyl groups is 1. The topological polar surface area (TPSA) is 26.7 Å². The largest absolute Gasteiger partial charge is 0.392 e. The standard InChI is InChI=1S/C10H22N2O/c1-9-4-5-12(8-10(9)13)7-6-11(2)3/h9-10,13H,4-8H2,1-3H3. The van der Waals surface area contributed by atoms with E-state index in [-0.39, 0.29) is 6.10 Å². The maximum Gasteiger partial charge on any atom is 0.0693 e. The second-order valence-electron chi connectivity index (χ2n) is 4.44. The highest BCUT2D eigenvalue weighted by atomic mass is 16.3. The summed E-state index contributed by atoms with van der Waals surface area (Å²) < 4.78 is 0. The second-order valence-corrected chi connectivity index (χ2v) is 4.44. The number of piperidine rings is 1. The Morgan fingerprint density at radius 3 is 2.69 bits per heavy atom. The van der Waals surface area contributed by atoms with Crippen LogP contribution >= 0.6 is 0 Å². The van der Waals surface area contributed by atoms with Gasteiger partial charge in [-0.25, -0.2) is 0 Å². The van der Waals surface area contributed by atoms with Gasteiger partial charge < -0.3 is 10.0 Å². The average Bonchev–Trinajstić information content (AvgIpc) is 2.07. The first kappa shape index (κ1) is 11.0. The Morgan fingerprint density at radius 1 is 1.46 bits per heavy atom. The minimum absolute atomic E-state index is 0.115. The van der Waals surface area contributed by atoms with Crippen LogP contribution in [0.2, 0.25) is 0 Å². The lowest BCUT2D eigenvalue weighted by Gasteiger charge is -2.34. The quantitative estimate of drug-likeness (QED) is 0.684. The van der Waals surface area contributed by atoms with Crippen molar-refractivity contribution in [2.45, 2.75) is 19.4 Å². The maximum atomic E-state index is 9.66. The maximum absolute atomic E-state index is 9.66. The second kappa shape index (κ2) is 4.94. The molecule has 0 radical (unpaired) electrons. The first-order valence-electron chi connectivity index (χ1n) is 5.14. The summed E-state index contributed by atoms with van der Waals surface area (Å²) >= 11 is 0. The van der Waals surface area contributed by atoms with Crippen LogP contribution in [0.1, 0.15) is 13.3 Å². The Balaban J connectivity index is 2.21. The number of likely N-dealkylation sites (N-methyl/N-ethyl adjacent to an activating group) is 1. The van der Waals surface area contributed by atoms with E-state index in [0.717, 1.165) is 32.6 Å². The van der Waals surface area contributed by atoms with Crippen LogP contribution < -0.4 is 0 Å². The molecule has 0 saturated carbocycles. The Morgan fingerprint density at radius 2 is 2.15 bits per heavy atom. The zero-order valence-electron chi connectivity index (χ0n) is 9.03. The minimum Gasteiger partial charge on any atom is -0.392 e. The van der Waals surface area contributed by atoms with E-state index in [0.29, 0.717) is 5.92 Å². The summed E-state index contributed by atoms with van der Waals surface area (Å²) in [6, 6.07) is 0. The molecule has 1 heterocycles. The molecule has 1 N–H and O–H groups in total. The number of nitrogens with zero attached hydrogens (tertiary/aromatic N) is 2. The van der Waals surface area contributed by atoms with Gasteiger partial charge in [-0.05, 0) is 33.0 Å². The van der Waals surface area contributed by atoms with Crippen LogP contribution in [0.4, 0.5) is 0 Å². The van der Waals surface area contributed by atoms with Crippen LogP contribution in [-0.4, -0.2) is 61.3 Å². The van der Waals surface area contributed by atoms with Gasteiger partial charge >= 0.3 is 0 Å². The van der Waals surface area contributed by atoms with Gasteiger partial charge in [0.05, 0.1) is 6.10 Å². The van der Waals surface area contributed by atoms with E-state index < -0.39 is 0 Å². The lowest BCUT2D eigenvalue weighted by Crippen LogP contribution is -2.45. The van der Waals surface area contributed by atoms with Gasteiger partial charge in [-0.3, -0.25) is 4.90 Å². The van der Waals surface area contributed by atoms with Gasteiger partial charge in [0.2, 0.25) is 0 Å². The Hall–Kier alpha value is -0.120. The molecule has 0 amide bonds. The fraction of sp³-hybridized carbons (Fsp3) is 1.00. The van der Waals surface area contributed by atoms with Gasteiger partial charge in [0, 0.05) is 19.6 Å². The molecule has 1 aliphatic heterocycles. The third-order valence-electron chi connectivity index (χ3n) is 2.87. The Labute approximate surface area is 81.3 Å². The number of hydrogen-bond donors (Lipinski definition) is 1. The molecule has 3 nitrogen and oxygen atoms in total. The molecule has 2 atom stereocenters. The highest BCUT2D eigenvalue weighted by molar-refractivity contribution is 4.77. The molecule has 13 heavy (non-hydrogen) atoms. The number of rotatable bonds is 3. The molecule has 2 unspecified atom stereocenters. The predicted molar refractivity (Wildman–Crippen MR) is 54.8 cm³/mol. The molecule has 1 aliphatic rings. The van der Waals surface area contributed by atoms with Crippen molar-refractivity contribution in [2.24, 2.45) is 5.92 Å². The Kier molecular flexibility index (Phi) is 4.16. The molecule has 0 aromatic rings. The monoisotopic (exact) mass is 186 g/mol. The van der Waals surface area contributed by atoms with Crippen LogP contribution in [0.15, 0.2) is 0 Å². The minimum atomic E-state index is -0.115. The number of aliphatic hydroxyl groups excluding tert-OH is 1. The van der Waals surface area contributed by atoms with Gasteiger partial charge in [0.1, 0.15) is 0 Å². The molecule has 1 saturated heterocycles. The first-order valence-corrected chi connectivity index (χ1v) is 5.14. The summed E-state index contributed by atoms with van der Waals surface area (Å²) in [6.45, 7) is 6.30. The predicted octanol–water partition coefficient (Wildman–Crippen LogP) is 0.251. The summed E-state index contributed by atoms with van der Waals surface area (Å²) in [7, 11) is 4.17. The van der Waals surface area contributed by atoms with Crippen molar-refractivity contribution in [3.63, 3.8) is 0 Å². The third kappa shape index (κ3) is 3.63. The zero-order valence-corrected chi connectivity index (χ0v) is 9.03. The van der Waals surface area contributed by atoms with Crippen LogP contribution in [0.5, 0.6) is 0 Å².